The molecule has 5 heteroatoms. The fraction of sp³-hybridized carbons (Fsp3) is 0.944. The molecule has 0 aromatic heterocycles. The van der Waals surface area contributed by atoms with E-state index in [1.807, 2.05) is 0 Å². The third kappa shape index (κ3) is 50.2. The van der Waals surface area contributed by atoms with Crippen LogP contribution in [0.15, 0.2) is 0 Å². The fourth-order valence-corrected chi connectivity index (χ4v) is 5.30. The van der Waals surface area contributed by atoms with E-state index in [2.05, 4.69) is 13.8 Å². The van der Waals surface area contributed by atoms with E-state index in [0.717, 1.165) is 25.7 Å². The molecule has 2 radical (unpaired) electrons. The first-order chi connectivity index (χ1) is 19.5. The molecule has 0 aliphatic carbocycles. The Balaban J connectivity index is -0.000000688. The van der Waals surface area contributed by atoms with Crippen LogP contribution in [-0.2, 0) is 9.59 Å². The molecule has 0 atom stereocenters. The van der Waals surface area contributed by atoms with Crippen LogP contribution < -0.4 is 0 Å². The Bertz CT molecular complexity index is 454. The van der Waals surface area contributed by atoms with Gasteiger partial charge in [-0.1, -0.05) is 194 Å². The summed E-state index contributed by atoms with van der Waals surface area (Å²) in [5.41, 5.74) is 0. The van der Waals surface area contributed by atoms with E-state index >= 15 is 0 Å². The summed E-state index contributed by atoms with van der Waals surface area (Å²) in [6.45, 7) is 4.54. The zero-order chi connectivity index (χ0) is 29.8. The summed E-state index contributed by atoms with van der Waals surface area (Å²) in [7, 11) is 0. The molecule has 242 valence electrons. The van der Waals surface area contributed by atoms with Crippen LogP contribution in [0.4, 0.5) is 0 Å². The van der Waals surface area contributed by atoms with E-state index in [1.54, 1.807) is 0 Å². The van der Waals surface area contributed by atoms with E-state index in [0.29, 0.717) is 12.8 Å². The number of hydrogen-bond donors (Lipinski definition) is 2. The van der Waals surface area contributed by atoms with Crippen molar-refractivity contribution in [3.63, 3.8) is 0 Å². The van der Waals surface area contributed by atoms with Gasteiger partial charge < -0.3 is 10.2 Å². The Morgan fingerprint density at radius 1 is 0.317 bits per heavy atom. The van der Waals surface area contributed by atoms with Crippen molar-refractivity contribution in [3.05, 3.63) is 0 Å². The summed E-state index contributed by atoms with van der Waals surface area (Å²) in [5, 5.41) is 17.0. The summed E-state index contributed by atoms with van der Waals surface area (Å²) >= 11 is 0. The minimum absolute atomic E-state index is 0. The molecule has 0 unspecified atom stereocenters. The van der Waals surface area contributed by atoms with E-state index in [9.17, 15) is 9.59 Å². The molecule has 0 bridgehead atoms. The molecular weight excluding hydrogens is 536 g/mol. The molecular formula is C36H72CaO4. The van der Waals surface area contributed by atoms with Gasteiger partial charge in [-0.05, 0) is 12.8 Å². The quantitative estimate of drug-likeness (QED) is 0.0588. The van der Waals surface area contributed by atoms with Crippen molar-refractivity contribution in [2.75, 3.05) is 0 Å². The van der Waals surface area contributed by atoms with Gasteiger partial charge in [0.15, 0.2) is 0 Å². The number of rotatable bonds is 32. The maximum absolute atomic E-state index is 10.3. The molecule has 0 aromatic rings. The zero-order valence-corrected chi connectivity index (χ0v) is 30.3. The average Bonchev–Trinajstić information content (AvgIpc) is 2.93. The summed E-state index contributed by atoms with van der Waals surface area (Å²) < 4.78 is 0. The average molecular weight is 609 g/mol. The van der Waals surface area contributed by atoms with Gasteiger partial charge in [-0.3, -0.25) is 9.59 Å². The minimum Gasteiger partial charge on any atom is -0.481 e. The number of unbranched alkanes of at least 4 members (excludes halogenated alkanes) is 28. The van der Waals surface area contributed by atoms with Gasteiger partial charge in [0.05, 0.1) is 0 Å². The standard InChI is InChI=1S/2C18H36O2.Ca/c2*1-2-3-4-5-6-7-8-9-10-11-12-13-14-15-16-17-18(19)20;/h2*2-17H2,1H3,(H,19,20);. The molecule has 0 aliphatic rings. The molecule has 0 aliphatic heterocycles. The monoisotopic (exact) mass is 609 g/mol. The van der Waals surface area contributed by atoms with Gasteiger partial charge in [0.25, 0.3) is 0 Å². The largest absolute Gasteiger partial charge is 0.481 e. The predicted octanol–water partition coefficient (Wildman–Crippen LogP) is 12.3. The number of carboxylic acid groups (broad SMARTS) is 2. The Hall–Kier alpha value is 0.200. The summed E-state index contributed by atoms with van der Waals surface area (Å²) in [6, 6.07) is 0. The molecule has 41 heavy (non-hydrogen) atoms. The van der Waals surface area contributed by atoms with Crippen molar-refractivity contribution < 1.29 is 19.8 Å². The molecule has 0 saturated heterocycles. The normalized spacial score (nSPS) is 10.6. The maximum atomic E-state index is 10.3. The summed E-state index contributed by atoms with van der Waals surface area (Å²) in [4.78, 5) is 20.7. The van der Waals surface area contributed by atoms with Crippen molar-refractivity contribution in [1.82, 2.24) is 0 Å². The van der Waals surface area contributed by atoms with E-state index in [1.165, 1.54) is 167 Å². The third-order valence-corrected chi connectivity index (χ3v) is 7.99. The molecule has 2 N–H and O–H groups in total. The Morgan fingerprint density at radius 2 is 0.463 bits per heavy atom. The van der Waals surface area contributed by atoms with Crippen molar-refractivity contribution in [1.29, 1.82) is 0 Å². The van der Waals surface area contributed by atoms with Crippen LogP contribution in [0.2, 0.25) is 0 Å². The van der Waals surface area contributed by atoms with Gasteiger partial charge in [-0.15, -0.1) is 0 Å². The summed E-state index contributed by atoms with van der Waals surface area (Å²) in [6.07, 6.45) is 40.4. The third-order valence-electron chi connectivity index (χ3n) is 7.99. The molecule has 0 amide bonds. The van der Waals surface area contributed by atoms with Crippen LogP contribution in [0, 0.1) is 0 Å². The number of carbonyl (C=O) groups is 2. The van der Waals surface area contributed by atoms with Crippen molar-refractivity contribution >= 4 is 49.7 Å². The number of carboxylic acids is 2. The Labute approximate surface area is 287 Å². The van der Waals surface area contributed by atoms with E-state index < -0.39 is 11.9 Å². The van der Waals surface area contributed by atoms with Crippen molar-refractivity contribution in [3.8, 4) is 0 Å². The number of aliphatic carboxylic acids is 2. The van der Waals surface area contributed by atoms with Crippen LogP contribution in [0.5, 0.6) is 0 Å². The van der Waals surface area contributed by atoms with Crippen LogP contribution in [0.25, 0.3) is 0 Å². The Morgan fingerprint density at radius 3 is 0.610 bits per heavy atom. The van der Waals surface area contributed by atoms with E-state index in [-0.39, 0.29) is 37.7 Å². The second-order valence-corrected chi connectivity index (χ2v) is 12.2. The van der Waals surface area contributed by atoms with Crippen LogP contribution in [-0.4, -0.2) is 59.9 Å². The van der Waals surface area contributed by atoms with Gasteiger partial charge in [0.2, 0.25) is 0 Å². The van der Waals surface area contributed by atoms with Gasteiger partial charge in [-0.2, -0.15) is 0 Å². The van der Waals surface area contributed by atoms with Crippen molar-refractivity contribution in [2.45, 2.75) is 219 Å². The molecule has 0 rings (SSSR count). The molecule has 0 heterocycles. The number of hydrogen-bond acceptors (Lipinski definition) is 2. The summed E-state index contributed by atoms with van der Waals surface area (Å²) in [5.74, 6) is -1.31. The van der Waals surface area contributed by atoms with Crippen molar-refractivity contribution in [2.24, 2.45) is 0 Å². The van der Waals surface area contributed by atoms with Gasteiger partial charge in [0.1, 0.15) is 0 Å². The van der Waals surface area contributed by atoms with E-state index in [4.69, 9.17) is 10.2 Å². The predicted molar refractivity (Wildman–Crippen MR) is 180 cm³/mol. The first-order valence-corrected chi connectivity index (χ1v) is 18.0. The molecule has 4 nitrogen and oxygen atoms in total. The van der Waals surface area contributed by atoms with Crippen LogP contribution in [0.3, 0.4) is 0 Å². The topological polar surface area (TPSA) is 74.6 Å². The zero-order valence-electron chi connectivity index (χ0n) is 28.0. The maximum Gasteiger partial charge on any atom is 0.303 e. The molecule has 0 saturated carbocycles. The van der Waals surface area contributed by atoms with Gasteiger partial charge in [-0.25, -0.2) is 0 Å². The van der Waals surface area contributed by atoms with Gasteiger partial charge in [0, 0.05) is 50.6 Å². The molecule has 0 spiro atoms. The Kier molecular flexibility index (Phi) is 47.1. The van der Waals surface area contributed by atoms with Crippen LogP contribution in [0.1, 0.15) is 219 Å². The smallest absolute Gasteiger partial charge is 0.303 e. The first kappa shape index (κ1) is 45.6. The minimum atomic E-state index is -0.653. The molecule has 0 aromatic carbocycles. The first-order valence-electron chi connectivity index (χ1n) is 18.0. The van der Waals surface area contributed by atoms with Crippen LogP contribution >= 0.6 is 0 Å². The molecule has 0 fully saturated rings. The van der Waals surface area contributed by atoms with Gasteiger partial charge >= 0.3 is 11.9 Å². The second-order valence-electron chi connectivity index (χ2n) is 12.2. The second kappa shape index (κ2) is 42.3. The SMILES string of the molecule is CCCCCCCCCCCCCCCCCC(=O)O.CCCCCCCCCCCCCCCCCC(=O)O.[Ca]. The fourth-order valence-electron chi connectivity index (χ4n) is 5.30.